The van der Waals surface area contributed by atoms with Crippen molar-refractivity contribution in [3.8, 4) is 6.07 Å². The van der Waals surface area contributed by atoms with Crippen LogP contribution < -0.4 is 4.90 Å². The van der Waals surface area contributed by atoms with E-state index in [1.54, 1.807) is 6.20 Å². The van der Waals surface area contributed by atoms with Gasteiger partial charge in [-0.15, -0.1) is 0 Å². The monoisotopic (exact) mass is 239 g/mol. The second-order valence-corrected chi connectivity index (χ2v) is 4.24. The fourth-order valence-electron chi connectivity index (χ4n) is 2.33. The van der Waals surface area contributed by atoms with E-state index in [-0.39, 0.29) is 0 Å². The molecule has 0 radical (unpaired) electrons. The lowest BCUT2D eigenvalue weighted by Gasteiger charge is -2.29. The molecule has 1 aromatic heterocycles. The molecule has 0 N–H and O–H groups in total. The summed E-state index contributed by atoms with van der Waals surface area (Å²) in [5.41, 5.74) is 2.55. The maximum atomic E-state index is 9.11. The van der Waals surface area contributed by atoms with E-state index in [0.717, 1.165) is 42.9 Å². The summed E-state index contributed by atoms with van der Waals surface area (Å²) in [5, 5.41) is 10.2. The molecule has 0 unspecified atom stereocenters. The maximum Gasteiger partial charge on any atom is 0.101 e. The van der Waals surface area contributed by atoms with Gasteiger partial charge in [0.05, 0.1) is 24.3 Å². The third kappa shape index (κ3) is 1.79. The Balaban J connectivity index is 2.15. The van der Waals surface area contributed by atoms with Gasteiger partial charge in [-0.3, -0.25) is 4.98 Å². The molecule has 0 amide bonds. The van der Waals surface area contributed by atoms with Crippen molar-refractivity contribution in [1.29, 1.82) is 5.26 Å². The zero-order valence-corrected chi connectivity index (χ0v) is 9.97. The van der Waals surface area contributed by atoms with Gasteiger partial charge in [0.25, 0.3) is 0 Å². The first-order valence-electron chi connectivity index (χ1n) is 6.00. The van der Waals surface area contributed by atoms with Gasteiger partial charge >= 0.3 is 0 Å². The molecule has 0 aliphatic carbocycles. The number of nitriles is 1. The fourth-order valence-corrected chi connectivity index (χ4v) is 2.33. The van der Waals surface area contributed by atoms with Crippen molar-refractivity contribution < 1.29 is 4.74 Å². The Morgan fingerprint density at radius 1 is 1.22 bits per heavy atom. The molecular formula is C14H13N3O. The molecule has 1 aliphatic heterocycles. The number of fused-ring (bicyclic) bond motifs is 1. The van der Waals surface area contributed by atoms with Crippen molar-refractivity contribution in [2.45, 2.75) is 0 Å². The SMILES string of the molecule is N#Cc1ccc(N2CCOCC2)c2cccnc12. The van der Waals surface area contributed by atoms with E-state index in [9.17, 15) is 0 Å². The number of anilines is 1. The predicted octanol–water partition coefficient (Wildman–Crippen LogP) is 1.94. The summed E-state index contributed by atoms with van der Waals surface area (Å²) in [6.07, 6.45) is 1.73. The molecular weight excluding hydrogens is 226 g/mol. The highest BCUT2D eigenvalue weighted by molar-refractivity contribution is 5.95. The molecule has 2 aromatic rings. The summed E-state index contributed by atoms with van der Waals surface area (Å²) < 4.78 is 5.37. The minimum Gasteiger partial charge on any atom is -0.378 e. The van der Waals surface area contributed by atoms with Crippen LogP contribution in [0.25, 0.3) is 10.9 Å². The summed E-state index contributed by atoms with van der Waals surface area (Å²) in [7, 11) is 0. The number of ether oxygens (including phenoxy) is 1. The number of hydrogen-bond donors (Lipinski definition) is 0. The second-order valence-electron chi connectivity index (χ2n) is 4.24. The van der Waals surface area contributed by atoms with Gasteiger partial charge in [-0.2, -0.15) is 5.26 Å². The van der Waals surface area contributed by atoms with Crippen LogP contribution in [0, 0.1) is 11.3 Å². The van der Waals surface area contributed by atoms with Gasteiger partial charge in [-0.05, 0) is 24.3 Å². The van der Waals surface area contributed by atoms with Crippen molar-refractivity contribution >= 4 is 16.6 Å². The Kier molecular flexibility index (Phi) is 2.83. The normalized spacial score (nSPS) is 15.6. The molecule has 90 valence electrons. The van der Waals surface area contributed by atoms with Gasteiger partial charge in [-0.25, -0.2) is 0 Å². The lowest BCUT2D eigenvalue weighted by molar-refractivity contribution is 0.123. The first kappa shape index (κ1) is 11.0. The molecule has 3 rings (SSSR count). The van der Waals surface area contributed by atoms with E-state index in [4.69, 9.17) is 10.00 Å². The summed E-state index contributed by atoms with van der Waals surface area (Å²) in [4.78, 5) is 6.61. The smallest absolute Gasteiger partial charge is 0.101 e. The first-order valence-corrected chi connectivity index (χ1v) is 6.00. The Labute approximate surface area is 105 Å². The molecule has 1 fully saturated rings. The average molecular weight is 239 g/mol. The molecule has 0 spiro atoms. The molecule has 1 aliphatic rings. The van der Waals surface area contributed by atoms with Gasteiger partial charge in [0.2, 0.25) is 0 Å². The molecule has 1 aromatic carbocycles. The van der Waals surface area contributed by atoms with Crippen LogP contribution in [0.5, 0.6) is 0 Å². The number of aromatic nitrogens is 1. The summed E-state index contributed by atoms with van der Waals surface area (Å²) in [6, 6.07) is 9.98. The summed E-state index contributed by atoms with van der Waals surface area (Å²) >= 11 is 0. The fraction of sp³-hybridized carbons (Fsp3) is 0.286. The lowest BCUT2D eigenvalue weighted by Crippen LogP contribution is -2.36. The maximum absolute atomic E-state index is 9.11. The molecule has 18 heavy (non-hydrogen) atoms. The van der Waals surface area contributed by atoms with Gasteiger partial charge < -0.3 is 9.64 Å². The van der Waals surface area contributed by atoms with Crippen molar-refractivity contribution in [3.05, 3.63) is 36.0 Å². The van der Waals surface area contributed by atoms with Crippen molar-refractivity contribution in [1.82, 2.24) is 4.98 Å². The van der Waals surface area contributed by atoms with Crippen molar-refractivity contribution in [2.75, 3.05) is 31.2 Å². The third-order valence-corrected chi connectivity index (χ3v) is 3.22. The van der Waals surface area contributed by atoms with Crippen LogP contribution in [-0.4, -0.2) is 31.3 Å². The number of hydrogen-bond acceptors (Lipinski definition) is 4. The van der Waals surface area contributed by atoms with E-state index >= 15 is 0 Å². The first-order chi connectivity index (χ1) is 8.90. The molecule has 0 atom stereocenters. The second kappa shape index (κ2) is 4.63. The number of pyridine rings is 1. The minimum absolute atomic E-state index is 0.627. The molecule has 0 bridgehead atoms. The van der Waals surface area contributed by atoms with Crippen LogP contribution >= 0.6 is 0 Å². The van der Waals surface area contributed by atoms with Crippen LogP contribution in [0.2, 0.25) is 0 Å². The standard InChI is InChI=1S/C14H13N3O/c15-10-11-3-4-13(17-6-8-18-9-7-17)12-2-1-5-16-14(11)12/h1-5H,6-9H2. The van der Waals surface area contributed by atoms with Gasteiger partial charge in [0.15, 0.2) is 0 Å². The molecule has 2 heterocycles. The van der Waals surface area contributed by atoms with Gasteiger partial charge in [0, 0.05) is 30.4 Å². The highest BCUT2D eigenvalue weighted by atomic mass is 16.5. The van der Waals surface area contributed by atoms with E-state index in [1.807, 2.05) is 24.3 Å². The molecule has 0 saturated carbocycles. The van der Waals surface area contributed by atoms with Crippen LogP contribution in [0.3, 0.4) is 0 Å². The van der Waals surface area contributed by atoms with Gasteiger partial charge in [0.1, 0.15) is 6.07 Å². The quantitative estimate of drug-likeness (QED) is 0.763. The van der Waals surface area contributed by atoms with E-state index < -0.39 is 0 Å². The number of nitrogens with zero attached hydrogens (tertiary/aromatic N) is 3. The molecule has 1 saturated heterocycles. The van der Waals surface area contributed by atoms with Crippen LogP contribution in [0.15, 0.2) is 30.5 Å². The highest BCUT2D eigenvalue weighted by Gasteiger charge is 2.15. The van der Waals surface area contributed by atoms with Crippen molar-refractivity contribution in [3.63, 3.8) is 0 Å². The number of rotatable bonds is 1. The Morgan fingerprint density at radius 2 is 2.06 bits per heavy atom. The molecule has 4 nitrogen and oxygen atoms in total. The Bertz CT molecular complexity index is 612. The topological polar surface area (TPSA) is 49.2 Å². The lowest BCUT2D eigenvalue weighted by atomic mass is 10.1. The van der Waals surface area contributed by atoms with Crippen LogP contribution in [-0.2, 0) is 4.74 Å². The number of benzene rings is 1. The predicted molar refractivity (Wildman–Crippen MR) is 69.5 cm³/mol. The average Bonchev–Trinajstić information content (AvgIpc) is 2.47. The van der Waals surface area contributed by atoms with Crippen LogP contribution in [0.1, 0.15) is 5.56 Å². The largest absolute Gasteiger partial charge is 0.378 e. The summed E-state index contributed by atoms with van der Waals surface area (Å²) in [6.45, 7) is 3.27. The zero-order chi connectivity index (χ0) is 12.4. The highest BCUT2D eigenvalue weighted by Crippen LogP contribution is 2.28. The van der Waals surface area contributed by atoms with Crippen molar-refractivity contribution in [2.24, 2.45) is 0 Å². The zero-order valence-electron chi connectivity index (χ0n) is 9.97. The molecule has 4 heteroatoms. The van der Waals surface area contributed by atoms with Gasteiger partial charge in [-0.1, -0.05) is 0 Å². The van der Waals surface area contributed by atoms with Crippen LogP contribution in [0.4, 0.5) is 5.69 Å². The Morgan fingerprint density at radius 3 is 2.83 bits per heavy atom. The van der Waals surface area contributed by atoms with E-state index in [1.165, 1.54) is 0 Å². The summed E-state index contributed by atoms with van der Waals surface area (Å²) in [5.74, 6) is 0. The Hall–Kier alpha value is -2.12. The third-order valence-electron chi connectivity index (χ3n) is 3.22. The number of morpholine rings is 1. The van der Waals surface area contributed by atoms with E-state index in [0.29, 0.717) is 5.56 Å². The minimum atomic E-state index is 0.627. The van der Waals surface area contributed by atoms with E-state index in [2.05, 4.69) is 16.0 Å².